The zero-order valence-electron chi connectivity index (χ0n) is 15.0. The van der Waals surface area contributed by atoms with E-state index in [1.165, 1.54) is 38.8 Å². The Bertz CT molecular complexity index is 546. The first kappa shape index (κ1) is 16.6. The van der Waals surface area contributed by atoms with E-state index in [2.05, 4.69) is 19.2 Å². The molecule has 0 amide bonds. The van der Waals surface area contributed by atoms with E-state index in [0.29, 0.717) is 24.5 Å². The highest BCUT2D eigenvalue weighted by Crippen LogP contribution is 2.42. The molecule has 0 spiro atoms. The van der Waals surface area contributed by atoms with Gasteiger partial charge in [-0.15, -0.1) is 0 Å². The zero-order chi connectivity index (χ0) is 16.6. The quantitative estimate of drug-likeness (QED) is 0.839. The largest absolute Gasteiger partial charge is 0.382 e. The standard InChI is InChI=1S/C21H32NO2/c1-22-13-11-17(12-14-22)20(15-22)24-16-21(23,19-9-5-6-10-19)18-7-3-2-4-8-18/h2-4,7-8,17,19-20,23H,5-6,9-16H2,1H3/q+1/t17?,20-,21-,22?/m1/s1. The van der Waals surface area contributed by atoms with Crippen LogP contribution in [0.2, 0.25) is 0 Å². The van der Waals surface area contributed by atoms with Crippen LogP contribution in [0.1, 0.15) is 44.1 Å². The molecule has 3 aliphatic heterocycles. The Morgan fingerprint density at radius 1 is 1.08 bits per heavy atom. The van der Waals surface area contributed by atoms with Crippen LogP contribution in [0.3, 0.4) is 0 Å². The van der Waals surface area contributed by atoms with Crippen molar-refractivity contribution in [3.63, 3.8) is 0 Å². The van der Waals surface area contributed by atoms with E-state index in [1.54, 1.807) is 0 Å². The highest BCUT2D eigenvalue weighted by molar-refractivity contribution is 5.24. The average Bonchev–Trinajstić information content (AvgIpc) is 3.16. The van der Waals surface area contributed by atoms with Crippen molar-refractivity contribution in [3.8, 4) is 0 Å². The van der Waals surface area contributed by atoms with E-state index in [-0.39, 0.29) is 0 Å². The molecule has 1 N–H and O–H groups in total. The van der Waals surface area contributed by atoms with Crippen LogP contribution in [0.15, 0.2) is 30.3 Å². The minimum atomic E-state index is -0.817. The number of hydrogen-bond donors (Lipinski definition) is 1. The Labute approximate surface area is 146 Å². The zero-order valence-corrected chi connectivity index (χ0v) is 15.0. The van der Waals surface area contributed by atoms with Crippen molar-refractivity contribution in [2.75, 3.05) is 33.3 Å². The third kappa shape index (κ3) is 3.02. The van der Waals surface area contributed by atoms with Gasteiger partial charge in [0.05, 0.1) is 26.7 Å². The number of rotatable bonds is 5. The van der Waals surface area contributed by atoms with Crippen molar-refractivity contribution in [2.24, 2.45) is 11.8 Å². The Morgan fingerprint density at radius 3 is 2.38 bits per heavy atom. The van der Waals surface area contributed by atoms with Gasteiger partial charge < -0.3 is 14.3 Å². The average molecular weight is 330 g/mol. The molecule has 3 heterocycles. The second-order valence-electron chi connectivity index (χ2n) is 8.71. The maximum atomic E-state index is 11.6. The van der Waals surface area contributed by atoms with Crippen LogP contribution in [0.4, 0.5) is 0 Å². The molecule has 3 heteroatoms. The molecule has 4 aliphatic rings. The fourth-order valence-electron chi connectivity index (χ4n) is 5.34. The third-order valence-corrected chi connectivity index (χ3v) is 7.05. The van der Waals surface area contributed by atoms with Crippen molar-refractivity contribution in [1.29, 1.82) is 0 Å². The molecule has 2 bridgehead atoms. The SMILES string of the molecule is C[N+]12CCC(CC1)[C@H](OC[C@@](O)(c1ccccc1)C1CCCC1)C2. The lowest BCUT2D eigenvalue weighted by atomic mass is 9.80. The lowest BCUT2D eigenvalue weighted by molar-refractivity contribution is -0.928. The minimum Gasteiger partial charge on any atom is -0.382 e. The van der Waals surface area contributed by atoms with Crippen LogP contribution in [0, 0.1) is 11.8 Å². The molecule has 1 saturated carbocycles. The fourth-order valence-corrected chi connectivity index (χ4v) is 5.34. The summed E-state index contributed by atoms with van der Waals surface area (Å²) in [6.07, 6.45) is 7.62. The molecule has 5 rings (SSSR count). The molecule has 0 radical (unpaired) electrons. The monoisotopic (exact) mass is 330 g/mol. The van der Waals surface area contributed by atoms with Gasteiger partial charge in [-0.1, -0.05) is 43.2 Å². The summed E-state index contributed by atoms with van der Waals surface area (Å²) in [5.41, 5.74) is 0.223. The minimum absolute atomic E-state index is 0.328. The van der Waals surface area contributed by atoms with Gasteiger partial charge in [0.25, 0.3) is 0 Å². The number of piperidine rings is 3. The van der Waals surface area contributed by atoms with Gasteiger partial charge in [-0.2, -0.15) is 0 Å². The van der Waals surface area contributed by atoms with Crippen LogP contribution >= 0.6 is 0 Å². The number of nitrogens with zero attached hydrogens (tertiary/aromatic N) is 1. The van der Waals surface area contributed by atoms with Crippen LogP contribution in [0.25, 0.3) is 0 Å². The summed E-state index contributed by atoms with van der Waals surface area (Å²) >= 11 is 0. The Kier molecular flexibility index (Phi) is 4.44. The van der Waals surface area contributed by atoms with Crippen LogP contribution in [0.5, 0.6) is 0 Å². The lowest BCUT2D eigenvalue weighted by Gasteiger charge is -2.50. The predicted octanol–water partition coefficient (Wildman–Crippen LogP) is 3.32. The first-order chi connectivity index (χ1) is 11.6. The molecule has 2 atom stereocenters. The number of quaternary nitrogens is 1. The summed E-state index contributed by atoms with van der Waals surface area (Å²) in [5.74, 6) is 1.04. The van der Waals surface area contributed by atoms with Crippen LogP contribution < -0.4 is 0 Å². The van der Waals surface area contributed by atoms with Crippen molar-refractivity contribution in [2.45, 2.75) is 50.2 Å². The molecule has 24 heavy (non-hydrogen) atoms. The second-order valence-corrected chi connectivity index (χ2v) is 8.71. The Balaban J connectivity index is 1.50. The highest BCUT2D eigenvalue weighted by Gasteiger charge is 2.46. The number of benzene rings is 1. The molecule has 1 aromatic rings. The predicted molar refractivity (Wildman–Crippen MR) is 95.5 cm³/mol. The molecule has 1 aliphatic carbocycles. The molecular formula is C21H32NO2+. The summed E-state index contributed by atoms with van der Waals surface area (Å²) in [6.45, 7) is 4.19. The van der Waals surface area contributed by atoms with E-state index >= 15 is 0 Å². The van der Waals surface area contributed by atoms with E-state index in [1.807, 2.05) is 18.2 Å². The van der Waals surface area contributed by atoms with Gasteiger partial charge in [0.2, 0.25) is 0 Å². The summed E-state index contributed by atoms with van der Waals surface area (Å²) < 4.78 is 7.61. The summed E-state index contributed by atoms with van der Waals surface area (Å²) in [4.78, 5) is 0. The molecule has 4 fully saturated rings. The van der Waals surface area contributed by atoms with Crippen LogP contribution in [-0.2, 0) is 10.3 Å². The maximum Gasteiger partial charge on any atom is 0.116 e. The van der Waals surface area contributed by atoms with Gasteiger partial charge >= 0.3 is 0 Å². The third-order valence-electron chi connectivity index (χ3n) is 7.05. The van der Waals surface area contributed by atoms with E-state index in [9.17, 15) is 5.11 Å². The van der Waals surface area contributed by atoms with Crippen molar-refractivity contribution in [3.05, 3.63) is 35.9 Å². The normalized spacial score (nSPS) is 35.9. The van der Waals surface area contributed by atoms with Crippen molar-refractivity contribution in [1.82, 2.24) is 0 Å². The van der Waals surface area contributed by atoms with E-state index in [4.69, 9.17) is 4.74 Å². The Hall–Kier alpha value is -0.900. The summed E-state index contributed by atoms with van der Waals surface area (Å²) in [7, 11) is 2.37. The number of aliphatic hydroxyl groups is 1. The van der Waals surface area contributed by atoms with E-state index in [0.717, 1.165) is 29.4 Å². The van der Waals surface area contributed by atoms with Crippen LogP contribution in [-0.4, -0.2) is 49.0 Å². The van der Waals surface area contributed by atoms with E-state index < -0.39 is 5.60 Å². The molecular weight excluding hydrogens is 298 g/mol. The molecule has 3 saturated heterocycles. The molecule has 1 aromatic carbocycles. The maximum absolute atomic E-state index is 11.6. The van der Waals surface area contributed by atoms with Gasteiger partial charge in [-0.05, 0) is 24.3 Å². The van der Waals surface area contributed by atoms with Crippen molar-refractivity contribution < 1.29 is 14.3 Å². The topological polar surface area (TPSA) is 29.5 Å². The van der Waals surface area contributed by atoms with Gasteiger partial charge in [0, 0.05) is 18.8 Å². The fraction of sp³-hybridized carbons (Fsp3) is 0.714. The van der Waals surface area contributed by atoms with Gasteiger partial charge in [0.1, 0.15) is 18.2 Å². The number of likely N-dealkylation sites (N-methyl/N-ethyl adjacent to an activating group) is 1. The first-order valence-electron chi connectivity index (χ1n) is 9.82. The second kappa shape index (κ2) is 6.44. The Morgan fingerprint density at radius 2 is 1.75 bits per heavy atom. The number of hydrogen-bond acceptors (Lipinski definition) is 2. The molecule has 0 unspecified atom stereocenters. The molecule has 0 aromatic heterocycles. The summed E-state index contributed by atoms with van der Waals surface area (Å²) in [6, 6.07) is 10.3. The van der Waals surface area contributed by atoms with Gasteiger partial charge in [-0.3, -0.25) is 0 Å². The number of fused-ring (bicyclic) bond motifs is 3. The van der Waals surface area contributed by atoms with Gasteiger partial charge in [0.15, 0.2) is 0 Å². The first-order valence-corrected chi connectivity index (χ1v) is 9.82. The lowest BCUT2D eigenvalue weighted by Crippen LogP contribution is -2.62. The molecule has 3 nitrogen and oxygen atoms in total. The number of ether oxygens (including phenoxy) is 1. The summed E-state index contributed by atoms with van der Waals surface area (Å²) in [5, 5.41) is 11.6. The van der Waals surface area contributed by atoms with Crippen molar-refractivity contribution >= 4 is 0 Å². The smallest absolute Gasteiger partial charge is 0.116 e. The molecule has 132 valence electrons. The van der Waals surface area contributed by atoms with Gasteiger partial charge in [-0.25, -0.2) is 0 Å². The highest BCUT2D eigenvalue weighted by atomic mass is 16.5.